The van der Waals surface area contributed by atoms with Crippen molar-refractivity contribution < 1.29 is 19.8 Å². The number of thioether (sulfide) groups is 1. The van der Waals surface area contributed by atoms with Crippen LogP contribution < -0.4 is 5.32 Å². The summed E-state index contributed by atoms with van der Waals surface area (Å²) in [7, 11) is 0. The number of carbonyl (C=O) groups excluding carboxylic acids is 1. The topological polar surface area (TPSA) is 102 Å². The van der Waals surface area contributed by atoms with Crippen molar-refractivity contribution >= 4 is 29.5 Å². The number of β-lactam (4-membered cyclic amide) rings is 1. The summed E-state index contributed by atoms with van der Waals surface area (Å²) in [5.74, 6) is -0.870. The predicted octanol–water partition coefficient (Wildman–Crippen LogP) is 0.408. The van der Waals surface area contributed by atoms with Gasteiger partial charge in [0.2, 0.25) is 5.91 Å². The lowest BCUT2D eigenvalue weighted by molar-refractivity contribution is -0.161. The van der Waals surface area contributed by atoms with Crippen molar-refractivity contribution in [2.24, 2.45) is 10.9 Å². The van der Waals surface area contributed by atoms with Crippen LogP contribution in [-0.4, -0.2) is 63.3 Å². The molecule has 3 N–H and O–H groups in total. The van der Waals surface area contributed by atoms with Crippen LogP contribution in [0.2, 0.25) is 0 Å². The fourth-order valence-electron chi connectivity index (χ4n) is 3.42. The van der Waals surface area contributed by atoms with Crippen LogP contribution in [0.3, 0.4) is 0 Å². The molecule has 126 valence electrons. The van der Waals surface area contributed by atoms with Gasteiger partial charge in [-0.1, -0.05) is 6.92 Å². The summed E-state index contributed by atoms with van der Waals surface area (Å²) in [5, 5.41) is 22.6. The summed E-state index contributed by atoms with van der Waals surface area (Å²) in [6.45, 7) is 5.01. The average molecular weight is 339 g/mol. The van der Waals surface area contributed by atoms with Crippen LogP contribution in [0.15, 0.2) is 15.6 Å². The molecule has 0 spiro atoms. The van der Waals surface area contributed by atoms with E-state index in [4.69, 9.17) is 0 Å². The van der Waals surface area contributed by atoms with E-state index >= 15 is 0 Å². The maximum Gasteiger partial charge on any atom is 0.353 e. The third-order valence-electron chi connectivity index (χ3n) is 4.55. The van der Waals surface area contributed by atoms with Crippen molar-refractivity contribution in [3.8, 4) is 0 Å². The second kappa shape index (κ2) is 6.16. The Hall–Kier alpha value is -1.54. The summed E-state index contributed by atoms with van der Waals surface area (Å²) < 4.78 is 0. The molecule has 0 saturated carbocycles. The van der Waals surface area contributed by atoms with E-state index in [0.717, 1.165) is 23.7 Å². The molecule has 1 amide bonds. The Bertz CT molecular complexity index is 602. The Morgan fingerprint density at radius 3 is 2.83 bits per heavy atom. The van der Waals surface area contributed by atoms with Gasteiger partial charge in [0.15, 0.2) is 0 Å². The fraction of sp³-hybridized carbons (Fsp3) is 0.667. The molecule has 0 radical (unpaired) electrons. The smallest absolute Gasteiger partial charge is 0.353 e. The van der Waals surface area contributed by atoms with Gasteiger partial charge in [-0.05, 0) is 6.92 Å². The number of carbonyl (C=O) groups is 2. The molecular weight excluding hydrogens is 318 g/mol. The van der Waals surface area contributed by atoms with Crippen LogP contribution in [0.1, 0.15) is 26.7 Å². The molecule has 0 aromatic heterocycles. The first-order valence-electron chi connectivity index (χ1n) is 7.85. The van der Waals surface area contributed by atoms with Gasteiger partial charge in [-0.25, -0.2) is 4.79 Å². The van der Waals surface area contributed by atoms with Gasteiger partial charge in [-0.2, -0.15) is 0 Å². The highest BCUT2D eigenvalue weighted by Gasteiger charge is 2.56. The lowest BCUT2D eigenvalue weighted by Crippen LogP contribution is -2.61. The lowest BCUT2D eigenvalue weighted by Gasteiger charge is -2.44. The molecule has 7 nitrogen and oxygen atoms in total. The molecule has 0 aromatic carbocycles. The zero-order chi connectivity index (χ0) is 16.7. The van der Waals surface area contributed by atoms with E-state index in [1.54, 1.807) is 6.92 Å². The minimum Gasteiger partial charge on any atom is -0.477 e. The second-order valence-corrected chi connectivity index (χ2v) is 7.48. The van der Waals surface area contributed by atoms with Gasteiger partial charge in [0, 0.05) is 29.5 Å². The summed E-state index contributed by atoms with van der Waals surface area (Å²) >= 11 is 1.49. The standard InChI is InChI=1S/C15H21N3O4S/c1-3-11-16-5-8(6-17-11)23-10-4-9-12(7(2)19)14(20)18(9)13(10)15(21)22/h7-9,12,19H,3-6H2,1-2H3,(H,16,17)(H,21,22)/t7?,9-,12?/m1/s1. The maximum atomic E-state index is 12.1. The van der Waals surface area contributed by atoms with Crippen LogP contribution >= 0.6 is 11.8 Å². The number of aliphatic imine (C=N–C) groups is 1. The second-order valence-electron chi connectivity index (χ2n) is 6.08. The Morgan fingerprint density at radius 1 is 1.57 bits per heavy atom. The number of carboxylic acid groups (broad SMARTS) is 1. The molecule has 3 heterocycles. The molecule has 4 atom stereocenters. The summed E-state index contributed by atoms with van der Waals surface area (Å²) in [6.07, 6.45) is 0.617. The van der Waals surface area contributed by atoms with E-state index in [-0.39, 0.29) is 22.9 Å². The maximum absolute atomic E-state index is 12.1. The number of aliphatic hydroxyl groups excluding tert-OH is 1. The number of nitrogens with zero attached hydrogens (tertiary/aromatic N) is 2. The Labute approximate surface area is 138 Å². The number of carboxylic acids is 1. The predicted molar refractivity (Wildman–Crippen MR) is 87.1 cm³/mol. The van der Waals surface area contributed by atoms with Crippen molar-refractivity contribution in [2.45, 2.75) is 44.1 Å². The summed E-state index contributed by atoms with van der Waals surface area (Å²) in [6, 6.07) is -0.220. The Morgan fingerprint density at radius 2 is 2.30 bits per heavy atom. The number of aliphatic hydroxyl groups is 1. The monoisotopic (exact) mass is 339 g/mol. The molecule has 3 aliphatic rings. The van der Waals surface area contributed by atoms with E-state index < -0.39 is 18.0 Å². The van der Waals surface area contributed by atoms with Crippen molar-refractivity contribution in [3.05, 3.63) is 10.6 Å². The Kier molecular flexibility index (Phi) is 4.37. The zero-order valence-corrected chi connectivity index (χ0v) is 14.0. The Balaban J connectivity index is 1.75. The number of fused-ring (bicyclic) bond motifs is 1. The number of hydrogen-bond donors (Lipinski definition) is 3. The van der Waals surface area contributed by atoms with Crippen molar-refractivity contribution in [1.29, 1.82) is 0 Å². The molecule has 0 aromatic rings. The number of nitrogens with one attached hydrogen (secondary N) is 1. The molecule has 8 heteroatoms. The number of amides is 1. The third kappa shape index (κ3) is 2.74. The van der Waals surface area contributed by atoms with E-state index in [0.29, 0.717) is 13.0 Å². The normalized spacial score (nSPS) is 31.3. The summed E-state index contributed by atoms with van der Waals surface area (Å²) in [4.78, 5) is 30.3. The molecule has 3 unspecified atom stereocenters. The molecule has 1 saturated heterocycles. The quantitative estimate of drug-likeness (QED) is 0.627. The molecule has 23 heavy (non-hydrogen) atoms. The number of hydrogen-bond acceptors (Lipinski definition) is 6. The average Bonchev–Trinajstić information content (AvgIpc) is 2.82. The molecule has 1 fully saturated rings. The van der Waals surface area contributed by atoms with Gasteiger partial charge < -0.3 is 20.4 Å². The number of aliphatic carboxylic acids is 1. The van der Waals surface area contributed by atoms with Crippen LogP contribution in [-0.2, 0) is 9.59 Å². The fourth-order valence-corrected chi connectivity index (χ4v) is 4.70. The zero-order valence-electron chi connectivity index (χ0n) is 13.2. The van der Waals surface area contributed by atoms with E-state index in [1.807, 2.05) is 6.92 Å². The van der Waals surface area contributed by atoms with Gasteiger partial charge >= 0.3 is 5.97 Å². The van der Waals surface area contributed by atoms with Crippen LogP contribution in [0.25, 0.3) is 0 Å². The highest BCUT2D eigenvalue weighted by atomic mass is 32.2. The number of amidine groups is 1. The van der Waals surface area contributed by atoms with Gasteiger partial charge in [-0.3, -0.25) is 9.79 Å². The number of rotatable bonds is 5. The first kappa shape index (κ1) is 16.3. The minimum atomic E-state index is -1.08. The van der Waals surface area contributed by atoms with Crippen molar-refractivity contribution in [1.82, 2.24) is 10.2 Å². The molecule has 3 aliphatic heterocycles. The molecule has 3 rings (SSSR count). The van der Waals surface area contributed by atoms with Gasteiger partial charge in [0.1, 0.15) is 5.70 Å². The first-order valence-corrected chi connectivity index (χ1v) is 8.73. The van der Waals surface area contributed by atoms with E-state index in [9.17, 15) is 19.8 Å². The van der Waals surface area contributed by atoms with Gasteiger partial charge in [-0.15, -0.1) is 11.8 Å². The lowest BCUT2D eigenvalue weighted by atomic mass is 9.83. The van der Waals surface area contributed by atoms with Crippen LogP contribution in [0, 0.1) is 5.92 Å². The third-order valence-corrected chi connectivity index (χ3v) is 5.85. The van der Waals surface area contributed by atoms with Crippen LogP contribution in [0.4, 0.5) is 0 Å². The molecular formula is C15H21N3O4S. The highest BCUT2D eigenvalue weighted by Crippen LogP contribution is 2.47. The minimum absolute atomic E-state index is 0.0900. The molecule has 0 bridgehead atoms. The molecule has 0 aliphatic carbocycles. The van der Waals surface area contributed by atoms with Crippen LogP contribution in [0.5, 0.6) is 0 Å². The SMILES string of the molecule is CCC1=NCC(SC2=C(C(=O)O)N3C(=O)C(C(C)O)[C@H]3C2)CN1. The largest absolute Gasteiger partial charge is 0.477 e. The van der Waals surface area contributed by atoms with Gasteiger partial charge in [0.05, 0.1) is 30.4 Å². The van der Waals surface area contributed by atoms with E-state index in [1.165, 1.54) is 16.7 Å². The van der Waals surface area contributed by atoms with Gasteiger partial charge in [0.25, 0.3) is 0 Å². The van der Waals surface area contributed by atoms with Crippen molar-refractivity contribution in [3.63, 3.8) is 0 Å². The van der Waals surface area contributed by atoms with Crippen molar-refractivity contribution in [2.75, 3.05) is 13.1 Å². The summed E-state index contributed by atoms with van der Waals surface area (Å²) in [5.41, 5.74) is 0.0900. The first-order chi connectivity index (χ1) is 10.9. The highest BCUT2D eigenvalue weighted by molar-refractivity contribution is 8.03. The van der Waals surface area contributed by atoms with E-state index in [2.05, 4.69) is 10.3 Å².